The van der Waals surface area contributed by atoms with Crippen molar-refractivity contribution in [3.05, 3.63) is 69.5 Å². The van der Waals surface area contributed by atoms with E-state index in [1.165, 1.54) is 12.1 Å². The van der Waals surface area contributed by atoms with E-state index < -0.39 is 0 Å². The van der Waals surface area contributed by atoms with Gasteiger partial charge in [0.1, 0.15) is 5.82 Å². The number of hydrogen-bond acceptors (Lipinski definition) is 1. The molecule has 3 heteroatoms. The molecule has 0 N–H and O–H groups in total. The fraction of sp³-hybridized carbons (Fsp3) is 0.188. The van der Waals surface area contributed by atoms with Crippen LogP contribution >= 0.6 is 11.6 Å². The molecule has 0 heterocycles. The molecule has 2 rings (SSSR count). The van der Waals surface area contributed by atoms with Crippen molar-refractivity contribution >= 4 is 17.4 Å². The first-order valence-electron chi connectivity index (χ1n) is 6.02. The third-order valence-corrected chi connectivity index (χ3v) is 3.27. The van der Waals surface area contributed by atoms with Crippen LogP contribution in [0, 0.1) is 19.7 Å². The third-order valence-electron chi connectivity index (χ3n) is 3.03. The molecule has 0 aliphatic heterocycles. The fourth-order valence-electron chi connectivity index (χ4n) is 2.27. The lowest BCUT2D eigenvalue weighted by molar-refractivity contribution is 0.0992. The zero-order valence-corrected chi connectivity index (χ0v) is 11.6. The van der Waals surface area contributed by atoms with Crippen LogP contribution in [0.2, 0.25) is 5.02 Å². The maximum atomic E-state index is 13.2. The number of ketones is 1. The molecular weight excluding hydrogens is 263 g/mol. The Morgan fingerprint density at radius 3 is 2.37 bits per heavy atom. The van der Waals surface area contributed by atoms with Crippen LogP contribution in [0.25, 0.3) is 0 Å². The van der Waals surface area contributed by atoms with Gasteiger partial charge < -0.3 is 0 Å². The van der Waals surface area contributed by atoms with Crippen molar-refractivity contribution in [3.8, 4) is 0 Å². The molecule has 2 aromatic carbocycles. The van der Waals surface area contributed by atoms with E-state index in [-0.39, 0.29) is 18.0 Å². The minimum Gasteiger partial charge on any atom is -0.294 e. The number of aryl methyl sites for hydroxylation is 2. The van der Waals surface area contributed by atoms with Gasteiger partial charge in [0.25, 0.3) is 0 Å². The Morgan fingerprint density at radius 2 is 1.79 bits per heavy atom. The number of carbonyl (C=O) groups is 1. The molecule has 0 saturated carbocycles. The van der Waals surface area contributed by atoms with Gasteiger partial charge in [-0.05, 0) is 54.8 Å². The molecule has 98 valence electrons. The fourth-order valence-corrected chi connectivity index (χ4v) is 2.48. The molecular formula is C16H14ClFO. The molecule has 0 bridgehead atoms. The van der Waals surface area contributed by atoms with E-state index in [0.717, 1.165) is 5.56 Å². The van der Waals surface area contributed by atoms with Crippen molar-refractivity contribution in [2.45, 2.75) is 20.3 Å². The van der Waals surface area contributed by atoms with Crippen LogP contribution in [0.4, 0.5) is 4.39 Å². The van der Waals surface area contributed by atoms with Crippen LogP contribution in [0.15, 0.2) is 36.4 Å². The van der Waals surface area contributed by atoms with Crippen molar-refractivity contribution in [2.75, 3.05) is 0 Å². The first-order valence-corrected chi connectivity index (χ1v) is 6.39. The van der Waals surface area contributed by atoms with Crippen LogP contribution in [-0.4, -0.2) is 5.78 Å². The Labute approximate surface area is 117 Å². The van der Waals surface area contributed by atoms with Gasteiger partial charge in [-0.2, -0.15) is 0 Å². The summed E-state index contributed by atoms with van der Waals surface area (Å²) in [5.74, 6) is -0.327. The van der Waals surface area contributed by atoms with Gasteiger partial charge in [0.15, 0.2) is 5.78 Å². The average molecular weight is 277 g/mol. The maximum Gasteiger partial charge on any atom is 0.167 e. The van der Waals surface area contributed by atoms with E-state index in [1.807, 2.05) is 12.1 Å². The van der Waals surface area contributed by atoms with Gasteiger partial charge in [-0.3, -0.25) is 4.79 Å². The lowest BCUT2D eigenvalue weighted by atomic mass is 9.95. The molecule has 19 heavy (non-hydrogen) atoms. The predicted molar refractivity (Wildman–Crippen MR) is 75.4 cm³/mol. The van der Waals surface area contributed by atoms with Crippen LogP contribution in [0.5, 0.6) is 0 Å². The summed E-state index contributed by atoms with van der Waals surface area (Å²) >= 11 is 5.90. The lowest BCUT2D eigenvalue weighted by Crippen LogP contribution is -2.08. The number of carbonyl (C=O) groups excluding carboxylic acids is 1. The molecule has 0 spiro atoms. The molecule has 0 aliphatic rings. The van der Waals surface area contributed by atoms with Gasteiger partial charge in [-0.25, -0.2) is 4.39 Å². The summed E-state index contributed by atoms with van der Waals surface area (Å²) in [5, 5.41) is 0.609. The van der Waals surface area contributed by atoms with Gasteiger partial charge in [-0.1, -0.05) is 23.7 Å². The van der Waals surface area contributed by atoms with Crippen molar-refractivity contribution in [1.29, 1.82) is 0 Å². The predicted octanol–water partition coefficient (Wildman–Crippen LogP) is 4.52. The zero-order valence-electron chi connectivity index (χ0n) is 10.8. The maximum absolute atomic E-state index is 13.2. The SMILES string of the molecule is Cc1cc(F)cc(C)c1C(=O)Cc1cccc(Cl)c1. The third kappa shape index (κ3) is 3.21. The molecule has 1 nitrogen and oxygen atoms in total. The summed E-state index contributed by atoms with van der Waals surface area (Å²) in [7, 11) is 0. The van der Waals surface area contributed by atoms with E-state index >= 15 is 0 Å². The van der Waals surface area contributed by atoms with E-state index in [2.05, 4.69) is 0 Å². The van der Waals surface area contributed by atoms with Crippen LogP contribution in [0.1, 0.15) is 27.0 Å². The summed E-state index contributed by atoms with van der Waals surface area (Å²) in [4.78, 5) is 12.3. The highest BCUT2D eigenvalue weighted by molar-refractivity contribution is 6.30. The normalized spacial score (nSPS) is 10.5. The zero-order chi connectivity index (χ0) is 14.0. The van der Waals surface area contributed by atoms with Crippen molar-refractivity contribution in [3.63, 3.8) is 0 Å². The molecule has 2 aromatic rings. The first kappa shape index (κ1) is 13.8. The van der Waals surface area contributed by atoms with Crippen LogP contribution in [-0.2, 0) is 6.42 Å². The minimum absolute atomic E-state index is 0.0164. The summed E-state index contributed by atoms with van der Waals surface area (Å²) in [5.41, 5.74) is 2.80. The quantitative estimate of drug-likeness (QED) is 0.753. The Balaban J connectivity index is 2.31. The van der Waals surface area contributed by atoms with Gasteiger partial charge in [-0.15, -0.1) is 0 Å². The second-order valence-electron chi connectivity index (χ2n) is 4.64. The summed E-state index contributed by atoms with van der Waals surface area (Å²) in [6, 6.07) is 9.99. The Hall–Kier alpha value is -1.67. The summed E-state index contributed by atoms with van der Waals surface area (Å²) in [6.45, 7) is 3.50. The number of rotatable bonds is 3. The largest absolute Gasteiger partial charge is 0.294 e. The topological polar surface area (TPSA) is 17.1 Å². The van der Waals surface area contributed by atoms with Crippen LogP contribution in [0.3, 0.4) is 0 Å². The number of benzene rings is 2. The molecule has 0 unspecified atom stereocenters. The van der Waals surface area contributed by atoms with Crippen molar-refractivity contribution < 1.29 is 9.18 Å². The average Bonchev–Trinajstić information content (AvgIpc) is 2.27. The van der Waals surface area contributed by atoms with E-state index in [1.54, 1.807) is 26.0 Å². The van der Waals surface area contributed by atoms with E-state index in [9.17, 15) is 9.18 Å². The molecule has 0 amide bonds. The van der Waals surface area contributed by atoms with E-state index in [4.69, 9.17) is 11.6 Å². The first-order chi connectivity index (χ1) is 8.97. The number of halogens is 2. The highest BCUT2D eigenvalue weighted by atomic mass is 35.5. The lowest BCUT2D eigenvalue weighted by Gasteiger charge is -2.09. The number of hydrogen-bond donors (Lipinski definition) is 0. The van der Waals surface area contributed by atoms with Gasteiger partial charge in [0.05, 0.1) is 0 Å². The Bertz CT molecular complexity index is 611. The smallest absolute Gasteiger partial charge is 0.167 e. The molecule has 0 aliphatic carbocycles. The summed E-state index contributed by atoms with van der Waals surface area (Å²) < 4.78 is 13.2. The Kier molecular flexibility index (Phi) is 4.01. The monoisotopic (exact) mass is 276 g/mol. The standard InChI is InChI=1S/C16H14ClFO/c1-10-6-14(18)7-11(2)16(10)15(19)9-12-4-3-5-13(17)8-12/h3-8H,9H2,1-2H3. The van der Waals surface area contributed by atoms with E-state index in [0.29, 0.717) is 21.7 Å². The van der Waals surface area contributed by atoms with Crippen LogP contribution < -0.4 is 0 Å². The highest BCUT2D eigenvalue weighted by Gasteiger charge is 2.14. The highest BCUT2D eigenvalue weighted by Crippen LogP contribution is 2.19. The van der Waals surface area contributed by atoms with Gasteiger partial charge >= 0.3 is 0 Å². The summed E-state index contributed by atoms with van der Waals surface area (Å²) in [6.07, 6.45) is 0.272. The van der Waals surface area contributed by atoms with Gasteiger partial charge in [0.2, 0.25) is 0 Å². The second kappa shape index (κ2) is 5.54. The Morgan fingerprint density at radius 1 is 1.16 bits per heavy atom. The molecule has 0 atom stereocenters. The molecule has 0 aromatic heterocycles. The molecule has 0 radical (unpaired) electrons. The second-order valence-corrected chi connectivity index (χ2v) is 5.08. The minimum atomic E-state index is -0.311. The molecule has 0 saturated heterocycles. The molecule has 0 fully saturated rings. The number of Topliss-reactive ketones (excluding diaryl/α,β-unsaturated/α-hetero) is 1. The van der Waals surface area contributed by atoms with Crippen molar-refractivity contribution in [1.82, 2.24) is 0 Å². The van der Waals surface area contributed by atoms with Crippen molar-refractivity contribution in [2.24, 2.45) is 0 Å². The van der Waals surface area contributed by atoms with Gasteiger partial charge in [0, 0.05) is 17.0 Å².